The zero-order valence-corrected chi connectivity index (χ0v) is 28.6. The number of aromatic nitrogens is 2. The molecule has 0 bridgehead atoms. The third-order valence-corrected chi connectivity index (χ3v) is 8.93. The Morgan fingerprint density at radius 1 is 0.340 bits per heavy atom. The minimum Gasteiger partial charge on any atom is -0.309 e. The van der Waals surface area contributed by atoms with Gasteiger partial charge in [-0.2, -0.15) is 0 Å². The third-order valence-electron chi connectivity index (χ3n) is 8.93. The summed E-state index contributed by atoms with van der Waals surface area (Å²) in [4.78, 5) is 0. The Balaban J connectivity index is 0.000000613. The molecule has 50 heavy (non-hydrogen) atoms. The molecule has 0 unspecified atom stereocenters. The molecule has 7 aromatic carbocycles. The van der Waals surface area contributed by atoms with Gasteiger partial charge in [-0.3, -0.25) is 0 Å². The van der Waals surface area contributed by atoms with Gasteiger partial charge in [0.25, 0.3) is 0 Å². The fraction of sp³-hybridized carbons (Fsp3) is 0.0417. The zero-order chi connectivity index (χ0) is 34.5. The monoisotopic (exact) mass is 644 g/mol. The molecule has 0 spiro atoms. The molecule has 242 valence electrons. The number of hydrogen-bond donors (Lipinski definition) is 0. The normalized spacial score (nSPS) is 10.8. The van der Waals surface area contributed by atoms with Gasteiger partial charge in [0.1, 0.15) is 0 Å². The van der Waals surface area contributed by atoms with Crippen molar-refractivity contribution in [1.82, 2.24) is 9.13 Å². The highest BCUT2D eigenvalue weighted by Crippen LogP contribution is 2.37. The summed E-state index contributed by atoms with van der Waals surface area (Å²) in [7, 11) is 0. The van der Waals surface area contributed by atoms with Crippen LogP contribution in [0.25, 0.3) is 77.2 Å². The van der Waals surface area contributed by atoms with Crippen LogP contribution >= 0.6 is 0 Å². The van der Waals surface area contributed by atoms with Gasteiger partial charge in [-0.1, -0.05) is 121 Å². The van der Waals surface area contributed by atoms with Crippen molar-refractivity contribution in [1.29, 1.82) is 0 Å². The first-order valence-electron chi connectivity index (χ1n) is 17.1. The molecule has 9 aromatic rings. The minimum absolute atomic E-state index is 1.18. The summed E-state index contributed by atoms with van der Waals surface area (Å²) in [5.41, 5.74) is 12.1. The lowest BCUT2D eigenvalue weighted by Gasteiger charge is -2.09. The number of hydrogen-bond acceptors (Lipinski definition) is 0. The Labute approximate surface area is 294 Å². The van der Waals surface area contributed by atoms with E-state index >= 15 is 0 Å². The molecule has 2 heterocycles. The summed E-state index contributed by atoms with van der Waals surface area (Å²) in [6.45, 7) is 10.5. The Morgan fingerprint density at radius 2 is 0.640 bits per heavy atom. The maximum Gasteiger partial charge on any atom is 0.0541 e. The largest absolute Gasteiger partial charge is 0.309 e. The summed E-state index contributed by atoms with van der Waals surface area (Å²) in [5.74, 6) is 0. The number of para-hydroxylation sites is 4. The Morgan fingerprint density at radius 3 is 1.02 bits per heavy atom. The molecular formula is C48H40N2. The first kappa shape index (κ1) is 32.2. The second-order valence-electron chi connectivity index (χ2n) is 12.2. The van der Waals surface area contributed by atoms with Crippen molar-refractivity contribution in [2.24, 2.45) is 0 Å². The molecule has 0 fully saturated rings. The minimum atomic E-state index is 1.18. The van der Waals surface area contributed by atoms with Crippen LogP contribution in [0.1, 0.15) is 13.8 Å². The number of rotatable bonds is 4. The van der Waals surface area contributed by atoms with Crippen LogP contribution in [0, 0.1) is 0 Å². The van der Waals surface area contributed by atoms with E-state index in [4.69, 9.17) is 0 Å². The fourth-order valence-corrected chi connectivity index (χ4v) is 6.87. The lowest BCUT2D eigenvalue weighted by Crippen LogP contribution is -1.92. The van der Waals surface area contributed by atoms with Crippen molar-refractivity contribution in [3.63, 3.8) is 0 Å². The van der Waals surface area contributed by atoms with Gasteiger partial charge in [-0.15, -0.1) is 13.2 Å². The van der Waals surface area contributed by atoms with Crippen LogP contribution < -0.4 is 0 Å². The Kier molecular flexibility index (Phi) is 9.26. The lowest BCUT2D eigenvalue weighted by atomic mass is 9.98. The van der Waals surface area contributed by atoms with Crippen LogP contribution in [0.5, 0.6) is 0 Å². The van der Waals surface area contributed by atoms with Gasteiger partial charge in [-0.25, -0.2) is 0 Å². The van der Waals surface area contributed by atoms with Crippen molar-refractivity contribution in [3.8, 4) is 33.6 Å². The summed E-state index contributed by atoms with van der Waals surface area (Å²) in [5, 5.41) is 5.08. The van der Waals surface area contributed by atoms with E-state index in [1.807, 2.05) is 13.8 Å². The maximum atomic E-state index is 3.36. The van der Waals surface area contributed by atoms with E-state index in [1.54, 1.807) is 12.2 Å². The SMILES string of the molecule is C=CC.C=CC.c1ccc(-n2c3ccccc3c3cc(-c4ccc(-c5ccc6c(c5)c5ccccc5n6-c5ccccc5)cc4)ccc32)cc1. The van der Waals surface area contributed by atoms with Crippen LogP contribution in [0.2, 0.25) is 0 Å². The predicted octanol–water partition coefficient (Wildman–Crippen LogP) is 13.6. The van der Waals surface area contributed by atoms with E-state index in [9.17, 15) is 0 Å². The predicted molar refractivity (Wildman–Crippen MR) is 218 cm³/mol. The van der Waals surface area contributed by atoms with Gasteiger partial charge in [0.05, 0.1) is 22.1 Å². The van der Waals surface area contributed by atoms with Crippen molar-refractivity contribution in [3.05, 3.63) is 195 Å². The average Bonchev–Trinajstić information content (AvgIpc) is 3.68. The van der Waals surface area contributed by atoms with Gasteiger partial charge >= 0.3 is 0 Å². The van der Waals surface area contributed by atoms with Gasteiger partial charge < -0.3 is 9.13 Å². The molecule has 0 N–H and O–H groups in total. The molecular weight excluding hydrogens is 605 g/mol. The van der Waals surface area contributed by atoms with Crippen molar-refractivity contribution in [2.45, 2.75) is 13.8 Å². The molecule has 2 heteroatoms. The highest BCUT2D eigenvalue weighted by atomic mass is 15.0. The van der Waals surface area contributed by atoms with Crippen LogP contribution in [0.4, 0.5) is 0 Å². The topological polar surface area (TPSA) is 9.86 Å². The summed E-state index contributed by atoms with van der Waals surface area (Å²) in [6, 6.07) is 61.4. The lowest BCUT2D eigenvalue weighted by molar-refractivity contribution is 1.18. The van der Waals surface area contributed by atoms with Gasteiger partial charge in [-0.05, 0) is 96.8 Å². The van der Waals surface area contributed by atoms with Crippen LogP contribution in [-0.4, -0.2) is 9.13 Å². The van der Waals surface area contributed by atoms with Gasteiger partial charge in [0.15, 0.2) is 0 Å². The first-order valence-corrected chi connectivity index (χ1v) is 17.1. The molecule has 0 saturated carbocycles. The number of nitrogens with zero attached hydrogens (tertiary/aromatic N) is 2. The highest BCUT2D eigenvalue weighted by Gasteiger charge is 2.15. The second kappa shape index (κ2) is 14.4. The molecule has 0 aliphatic rings. The van der Waals surface area contributed by atoms with E-state index in [1.165, 1.54) is 77.2 Å². The molecule has 9 rings (SSSR count). The maximum absolute atomic E-state index is 3.36. The summed E-state index contributed by atoms with van der Waals surface area (Å²) < 4.78 is 4.73. The third kappa shape index (κ3) is 5.93. The van der Waals surface area contributed by atoms with Gasteiger partial charge in [0, 0.05) is 32.9 Å². The molecule has 0 aliphatic heterocycles. The second-order valence-corrected chi connectivity index (χ2v) is 12.2. The molecule has 0 saturated heterocycles. The zero-order valence-electron chi connectivity index (χ0n) is 28.6. The van der Waals surface area contributed by atoms with Gasteiger partial charge in [0.2, 0.25) is 0 Å². The van der Waals surface area contributed by atoms with E-state index < -0.39 is 0 Å². The molecule has 0 amide bonds. The molecule has 2 nitrogen and oxygen atoms in total. The Hall–Kier alpha value is -6.38. The van der Waals surface area contributed by atoms with Crippen molar-refractivity contribution in [2.75, 3.05) is 0 Å². The smallest absolute Gasteiger partial charge is 0.0541 e. The van der Waals surface area contributed by atoms with E-state index in [-0.39, 0.29) is 0 Å². The first-order chi connectivity index (χ1) is 24.7. The average molecular weight is 645 g/mol. The molecule has 0 aliphatic carbocycles. The van der Waals surface area contributed by atoms with Crippen LogP contribution in [0.3, 0.4) is 0 Å². The number of allylic oxidation sites excluding steroid dienone is 2. The fourth-order valence-electron chi connectivity index (χ4n) is 6.87. The van der Waals surface area contributed by atoms with E-state index in [0.29, 0.717) is 0 Å². The Bertz CT molecular complexity index is 2380. The molecule has 0 atom stereocenters. The quantitative estimate of drug-likeness (QED) is 0.169. The molecule has 2 aromatic heterocycles. The van der Waals surface area contributed by atoms with Crippen LogP contribution in [-0.2, 0) is 0 Å². The number of benzene rings is 7. The van der Waals surface area contributed by atoms with Crippen molar-refractivity contribution >= 4 is 43.6 Å². The number of fused-ring (bicyclic) bond motifs is 6. The summed E-state index contributed by atoms with van der Waals surface area (Å²) >= 11 is 0. The standard InChI is InChI=1S/C42H28N2.2C3H6/c1-3-11-33(12-4-1)43-39-17-9-7-15-35(39)37-27-31(23-25-41(37)43)29-19-21-30(22-20-29)32-24-26-42-38(28-32)36-16-8-10-18-40(36)44(42)34-13-5-2-6-14-34;2*1-3-2/h1-28H;2*3H,1H2,2H3. The van der Waals surface area contributed by atoms with Crippen molar-refractivity contribution < 1.29 is 0 Å². The molecule has 0 radical (unpaired) electrons. The van der Waals surface area contributed by atoms with E-state index in [0.717, 1.165) is 0 Å². The highest BCUT2D eigenvalue weighted by molar-refractivity contribution is 6.11. The summed E-state index contributed by atoms with van der Waals surface area (Å²) in [6.07, 6.45) is 3.50. The van der Waals surface area contributed by atoms with Crippen LogP contribution in [0.15, 0.2) is 195 Å². The van der Waals surface area contributed by atoms with E-state index in [2.05, 4.69) is 192 Å².